The van der Waals surface area contributed by atoms with Crippen LogP contribution in [0.5, 0.6) is 0 Å². The molecule has 0 atom stereocenters. The van der Waals surface area contributed by atoms with Gasteiger partial charge in [0.2, 0.25) is 0 Å². The molecular formula is C46H32N2. The number of benzene rings is 8. The lowest BCUT2D eigenvalue weighted by atomic mass is 9.93. The smallest absolute Gasteiger partial charge is 0.0541 e. The molecule has 9 aromatic rings. The molecule has 0 bridgehead atoms. The van der Waals surface area contributed by atoms with E-state index in [4.69, 9.17) is 0 Å². The fourth-order valence-corrected chi connectivity index (χ4v) is 7.18. The van der Waals surface area contributed by atoms with Crippen LogP contribution in [0, 0.1) is 0 Å². The van der Waals surface area contributed by atoms with Gasteiger partial charge in [-0.2, -0.15) is 0 Å². The lowest BCUT2D eigenvalue weighted by Gasteiger charge is -2.27. The molecule has 0 saturated heterocycles. The molecule has 48 heavy (non-hydrogen) atoms. The Balaban J connectivity index is 1.15. The number of rotatable bonds is 6. The summed E-state index contributed by atoms with van der Waals surface area (Å²) in [5.74, 6) is 0. The highest BCUT2D eigenvalue weighted by Gasteiger charge is 2.17. The maximum Gasteiger partial charge on any atom is 0.0541 e. The molecule has 0 unspecified atom stereocenters. The highest BCUT2D eigenvalue weighted by atomic mass is 15.1. The van der Waals surface area contributed by atoms with Crippen molar-refractivity contribution >= 4 is 49.6 Å². The maximum atomic E-state index is 2.37. The standard InChI is InChI=1S/C46H32N2/c1-3-16-36(17-4-1)47(44-25-13-15-33-14-7-8-22-41(33)44)38-29-26-34(27-30-38)39-20-9-10-21-40(39)35-28-31-46-43(32-35)42-23-11-12-24-45(42)48(46)37-18-5-2-6-19-37/h1-32H. The molecule has 1 aromatic heterocycles. The van der Waals surface area contributed by atoms with Crippen LogP contribution in [0.4, 0.5) is 17.1 Å². The average molecular weight is 613 g/mol. The number of fused-ring (bicyclic) bond motifs is 4. The summed E-state index contributed by atoms with van der Waals surface area (Å²) in [5.41, 5.74) is 11.8. The second-order valence-corrected chi connectivity index (χ2v) is 12.2. The molecule has 0 aliphatic rings. The Morgan fingerprint density at radius 2 is 0.917 bits per heavy atom. The second-order valence-electron chi connectivity index (χ2n) is 12.2. The summed E-state index contributed by atoms with van der Waals surface area (Å²) in [5, 5.41) is 4.97. The van der Waals surface area contributed by atoms with E-state index in [0.717, 1.165) is 17.1 Å². The van der Waals surface area contributed by atoms with Crippen molar-refractivity contribution in [1.82, 2.24) is 4.57 Å². The van der Waals surface area contributed by atoms with Gasteiger partial charge in [-0.15, -0.1) is 0 Å². The monoisotopic (exact) mass is 612 g/mol. The number of hydrogen-bond donors (Lipinski definition) is 0. The van der Waals surface area contributed by atoms with Crippen molar-refractivity contribution in [3.05, 3.63) is 194 Å². The predicted molar refractivity (Wildman–Crippen MR) is 204 cm³/mol. The molecule has 0 spiro atoms. The number of anilines is 3. The molecule has 8 aromatic carbocycles. The number of aromatic nitrogens is 1. The summed E-state index contributed by atoms with van der Waals surface area (Å²) >= 11 is 0. The highest BCUT2D eigenvalue weighted by Crippen LogP contribution is 2.41. The summed E-state index contributed by atoms with van der Waals surface area (Å²) < 4.78 is 2.37. The molecule has 0 radical (unpaired) electrons. The zero-order valence-corrected chi connectivity index (χ0v) is 26.4. The van der Waals surface area contributed by atoms with Gasteiger partial charge in [0.25, 0.3) is 0 Å². The summed E-state index contributed by atoms with van der Waals surface area (Å²) in [7, 11) is 0. The van der Waals surface area contributed by atoms with Crippen LogP contribution in [0.15, 0.2) is 194 Å². The lowest BCUT2D eigenvalue weighted by Crippen LogP contribution is -2.10. The van der Waals surface area contributed by atoms with Gasteiger partial charge in [0.15, 0.2) is 0 Å². The van der Waals surface area contributed by atoms with E-state index in [1.165, 1.54) is 60.5 Å². The van der Waals surface area contributed by atoms with E-state index in [2.05, 4.69) is 204 Å². The third-order valence-electron chi connectivity index (χ3n) is 9.38. The topological polar surface area (TPSA) is 8.17 Å². The first kappa shape index (κ1) is 27.9. The summed E-state index contributed by atoms with van der Waals surface area (Å²) in [4.78, 5) is 2.36. The van der Waals surface area contributed by atoms with Crippen molar-refractivity contribution in [2.45, 2.75) is 0 Å². The van der Waals surface area contributed by atoms with Crippen LogP contribution in [-0.4, -0.2) is 4.57 Å². The quantitative estimate of drug-likeness (QED) is 0.181. The van der Waals surface area contributed by atoms with Crippen LogP contribution in [0.1, 0.15) is 0 Å². The predicted octanol–water partition coefficient (Wildman–Crippen LogP) is 12.7. The molecule has 2 nitrogen and oxygen atoms in total. The summed E-state index contributed by atoms with van der Waals surface area (Å²) in [6.07, 6.45) is 0. The van der Waals surface area contributed by atoms with Gasteiger partial charge in [-0.05, 0) is 88.3 Å². The number of hydrogen-bond acceptors (Lipinski definition) is 1. The van der Waals surface area contributed by atoms with Crippen molar-refractivity contribution in [3.8, 4) is 27.9 Å². The number of para-hydroxylation sites is 3. The van der Waals surface area contributed by atoms with Gasteiger partial charge in [0.1, 0.15) is 0 Å². The molecule has 0 saturated carbocycles. The lowest BCUT2D eigenvalue weighted by molar-refractivity contribution is 1.18. The molecule has 226 valence electrons. The Morgan fingerprint density at radius 1 is 0.354 bits per heavy atom. The van der Waals surface area contributed by atoms with Crippen molar-refractivity contribution in [1.29, 1.82) is 0 Å². The van der Waals surface area contributed by atoms with Crippen LogP contribution in [-0.2, 0) is 0 Å². The molecule has 9 rings (SSSR count). The van der Waals surface area contributed by atoms with E-state index < -0.39 is 0 Å². The van der Waals surface area contributed by atoms with E-state index in [1.54, 1.807) is 0 Å². The molecule has 0 aliphatic carbocycles. The van der Waals surface area contributed by atoms with E-state index in [1.807, 2.05) is 0 Å². The maximum absolute atomic E-state index is 2.37. The van der Waals surface area contributed by atoms with Crippen LogP contribution in [0.3, 0.4) is 0 Å². The third kappa shape index (κ3) is 4.74. The fourth-order valence-electron chi connectivity index (χ4n) is 7.18. The normalized spacial score (nSPS) is 11.3. The largest absolute Gasteiger partial charge is 0.310 e. The van der Waals surface area contributed by atoms with Crippen LogP contribution in [0.25, 0.3) is 60.5 Å². The average Bonchev–Trinajstić information content (AvgIpc) is 3.50. The van der Waals surface area contributed by atoms with Crippen LogP contribution in [0.2, 0.25) is 0 Å². The Bertz CT molecular complexity index is 2540. The van der Waals surface area contributed by atoms with Gasteiger partial charge in [-0.25, -0.2) is 0 Å². The minimum atomic E-state index is 1.12. The van der Waals surface area contributed by atoms with Crippen molar-refractivity contribution < 1.29 is 0 Å². The molecule has 0 aliphatic heterocycles. The Hall–Kier alpha value is -6.38. The first-order valence-electron chi connectivity index (χ1n) is 16.4. The summed E-state index contributed by atoms with van der Waals surface area (Å²) in [6, 6.07) is 69.8. The van der Waals surface area contributed by atoms with Gasteiger partial charge >= 0.3 is 0 Å². The van der Waals surface area contributed by atoms with Crippen molar-refractivity contribution in [2.75, 3.05) is 4.90 Å². The van der Waals surface area contributed by atoms with Crippen LogP contribution >= 0.6 is 0 Å². The minimum absolute atomic E-state index is 1.12. The SMILES string of the molecule is c1ccc(N(c2ccc(-c3ccccc3-c3ccc4c(c3)c3ccccc3n4-c3ccccc3)cc2)c2cccc3ccccc23)cc1. The molecule has 1 heterocycles. The molecule has 0 N–H and O–H groups in total. The van der Waals surface area contributed by atoms with Gasteiger partial charge < -0.3 is 9.47 Å². The third-order valence-corrected chi connectivity index (χ3v) is 9.38. The second kappa shape index (κ2) is 11.8. The molecule has 0 fully saturated rings. The zero-order chi connectivity index (χ0) is 31.9. The van der Waals surface area contributed by atoms with Crippen molar-refractivity contribution in [3.63, 3.8) is 0 Å². The fraction of sp³-hybridized carbons (Fsp3) is 0. The summed E-state index contributed by atoms with van der Waals surface area (Å²) in [6.45, 7) is 0. The van der Waals surface area contributed by atoms with E-state index >= 15 is 0 Å². The van der Waals surface area contributed by atoms with Crippen molar-refractivity contribution in [2.24, 2.45) is 0 Å². The molecule has 2 heteroatoms. The van der Waals surface area contributed by atoms with Gasteiger partial charge in [0, 0.05) is 33.2 Å². The van der Waals surface area contributed by atoms with Gasteiger partial charge in [-0.3, -0.25) is 0 Å². The van der Waals surface area contributed by atoms with Gasteiger partial charge in [0.05, 0.1) is 16.7 Å². The Labute approximate surface area is 280 Å². The Morgan fingerprint density at radius 3 is 1.71 bits per heavy atom. The molecular weight excluding hydrogens is 581 g/mol. The van der Waals surface area contributed by atoms with E-state index in [0.29, 0.717) is 0 Å². The minimum Gasteiger partial charge on any atom is -0.310 e. The van der Waals surface area contributed by atoms with Gasteiger partial charge in [-0.1, -0.05) is 133 Å². The van der Waals surface area contributed by atoms with Crippen LogP contribution < -0.4 is 4.90 Å². The first-order chi connectivity index (χ1) is 23.8. The Kier molecular flexibility index (Phi) is 6.84. The van der Waals surface area contributed by atoms with E-state index in [9.17, 15) is 0 Å². The molecule has 0 amide bonds. The number of nitrogens with zero attached hydrogens (tertiary/aromatic N) is 2. The van der Waals surface area contributed by atoms with E-state index in [-0.39, 0.29) is 0 Å². The first-order valence-corrected chi connectivity index (χ1v) is 16.4. The zero-order valence-electron chi connectivity index (χ0n) is 26.4. The highest BCUT2D eigenvalue weighted by molar-refractivity contribution is 6.11.